The molecule has 1 heteroatoms. The molecule has 13 heavy (non-hydrogen) atoms. The Morgan fingerprint density at radius 3 is 1.54 bits per heavy atom. The third kappa shape index (κ3) is 12.0. The molecule has 0 saturated carbocycles. The summed E-state index contributed by atoms with van der Waals surface area (Å²) in [6.07, 6.45) is 11.2. The van der Waals surface area contributed by atoms with Gasteiger partial charge in [0.2, 0.25) is 0 Å². The van der Waals surface area contributed by atoms with E-state index in [-0.39, 0.29) is 6.42 Å². The van der Waals surface area contributed by atoms with E-state index in [0.29, 0.717) is 0 Å². The van der Waals surface area contributed by atoms with E-state index in [9.17, 15) is 0 Å². The molecule has 0 saturated heterocycles. The van der Waals surface area contributed by atoms with E-state index in [4.69, 9.17) is 7.85 Å². The van der Waals surface area contributed by atoms with Gasteiger partial charge in [-0.15, -0.1) is 0 Å². The highest BCUT2D eigenvalue weighted by molar-refractivity contribution is 4.46. The van der Waals surface area contributed by atoms with Crippen LogP contribution in [0.4, 0.5) is 0 Å². The van der Waals surface area contributed by atoms with E-state index in [1.54, 1.807) is 0 Å². The maximum absolute atomic E-state index is 8.85. The first-order chi connectivity index (χ1) is 7.06. The van der Waals surface area contributed by atoms with Gasteiger partial charge >= 0.3 is 0 Å². The van der Waals surface area contributed by atoms with Crippen molar-refractivity contribution in [3.05, 3.63) is 0 Å². The van der Waals surface area contributed by atoms with Gasteiger partial charge in [-0.3, -0.25) is 0 Å². The molecular weight excluding hydrogens is 160 g/mol. The smallest absolute Gasteiger partial charge is 0.0564 e. The monoisotopic (exact) mass is 188 g/mol. The quantitative estimate of drug-likeness (QED) is 0.515. The molecule has 0 amide bonds. The van der Waals surface area contributed by atoms with Crippen molar-refractivity contribution in [1.29, 1.82) is 0 Å². The van der Waals surface area contributed by atoms with Crippen LogP contribution in [0.5, 0.6) is 0 Å². The summed E-state index contributed by atoms with van der Waals surface area (Å²) in [6, 6.07) is 0. The average Bonchev–Trinajstić information content (AvgIpc) is 2.14. The Balaban J connectivity index is 2.99. The zero-order chi connectivity index (χ0) is 11.6. The fourth-order valence-electron chi connectivity index (χ4n) is 1.51. The van der Waals surface area contributed by atoms with Crippen molar-refractivity contribution in [2.24, 2.45) is 0 Å². The van der Waals surface area contributed by atoms with Crippen LogP contribution in [0, 0.1) is 0 Å². The van der Waals surface area contributed by atoms with E-state index in [2.05, 4.69) is 6.92 Å². The maximum atomic E-state index is 8.85. The van der Waals surface area contributed by atoms with Crippen LogP contribution in [0.15, 0.2) is 0 Å². The second-order valence-electron chi connectivity index (χ2n) is 3.74. The van der Waals surface area contributed by atoms with Crippen molar-refractivity contribution in [2.45, 2.75) is 71.1 Å². The fraction of sp³-hybridized carbons (Fsp3) is 1.00. The minimum absolute atomic E-state index is 0.281. The highest BCUT2D eigenvalue weighted by Crippen LogP contribution is 2.09. The van der Waals surface area contributed by atoms with Gasteiger partial charge in [-0.1, -0.05) is 64.7 Å². The summed E-state index contributed by atoms with van der Waals surface area (Å²) in [6.45, 7) is 0.268. The topological polar surface area (TPSA) is 20.2 Å². The van der Waals surface area contributed by atoms with E-state index in [0.717, 1.165) is 12.8 Å². The van der Waals surface area contributed by atoms with E-state index < -0.39 is 6.56 Å². The van der Waals surface area contributed by atoms with Gasteiger partial charge in [0, 0.05) is 6.56 Å². The molecule has 1 N–H and O–H groups in total. The Hall–Kier alpha value is -0.0400. The SMILES string of the molecule is [2H]C([2H])(O)CCCCCCCCCCC. The number of hydrogen-bond donors (Lipinski definition) is 1. The van der Waals surface area contributed by atoms with Crippen LogP contribution in [0.1, 0.15) is 73.9 Å². The lowest BCUT2D eigenvalue weighted by Gasteiger charge is -2.00. The zero-order valence-electron chi connectivity index (χ0n) is 11.0. The Kier molecular flexibility index (Phi) is 8.75. The van der Waals surface area contributed by atoms with Crippen LogP contribution in [-0.4, -0.2) is 11.7 Å². The first-order valence-corrected chi connectivity index (χ1v) is 5.78. The van der Waals surface area contributed by atoms with Crippen LogP contribution < -0.4 is 0 Å². The van der Waals surface area contributed by atoms with Crippen LogP contribution in [0.2, 0.25) is 0 Å². The Bertz CT molecular complexity index is 132. The van der Waals surface area contributed by atoms with Crippen molar-refractivity contribution in [2.75, 3.05) is 6.56 Å². The molecule has 80 valence electrons. The summed E-state index contributed by atoms with van der Waals surface area (Å²) < 4.78 is 13.9. The number of rotatable bonds is 10. The largest absolute Gasteiger partial charge is 0.396 e. The molecule has 0 aromatic carbocycles. The van der Waals surface area contributed by atoms with Crippen molar-refractivity contribution >= 4 is 0 Å². The first kappa shape index (κ1) is 9.51. The maximum Gasteiger partial charge on any atom is 0.0564 e. The second-order valence-corrected chi connectivity index (χ2v) is 3.74. The van der Waals surface area contributed by atoms with Crippen molar-refractivity contribution in [3.8, 4) is 0 Å². The molecule has 0 radical (unpaired) electrons. The Morgan fingerprint density at radius 2 is 1.15 bits per heavy atom. The molecule has 0 heterocycles. The third-order valence-corrected chi connectivity index (χ3v) is 2.39. The molecule has 0 rings (SSSR count). The van der Waals surface area contributed by atoms with Crippen LogP contribution in [0.25, 0.3) is 0 Å². The summed E-state index contributed by atoms with van der Waals surface area (Å²) in [7, 11) is 0. The third-order valence-electron chi connectivity index (χ3n) is 2.39. The van der Waals surface area contributed by atoms with Gasteiger partial charge in [0.1, 0.15) is 0 Å². The summed E-state index contributed by atoms with van der Waals surface area (Å²) >= 11 is 0. The molecule has 0 unspecified atom stereocenters. The average molecular weight is 188 g/mol. The van der Waals surface area contributed by atoms with Crippen LogP contribution in [0.3, 0.4) is 0 Å². The molecule has 0 atom stereocenters. The predicted molar refractivity (Wildman–Crippen MR) is 58.9 cm³/mol. The number of aliphatic hydroxyl groups is 1. The Morgan fingerprint density at radius 1 is 0.769 bits per heavy atom. The molecule has 0 aliphatic heterocycles. The molecule has 0 aliphatic rings. The highest BCUT2D eigenvalue weighted by atomic mass is 16.2. The van der Waals surface area contributed by atoms with E-state index >= 15 is 0 Å². The van der Waals surface area contributed by atoms with Gasteiger partial charge in [0.05, 0.1) is 2.74 Å². The van der Waals surface area contributed by atoms with Crippen molar-refractivity contribution in [1.82, 2.24) is 0 Å². The number of hydrogen-bond acceptors (Lipinski definition) is 1. The van der Waals surface area contributed by atoms with Gasteiger partial charge in [0.15, 0.2) is 0 Å². The molecule has 0 bridgehead atoms. The molecule has 0 fully saturated rings. The Labute approximate surface area is 86.4 Å². The standard InChI is InChI=1S/C12H26O/c1-2-3-4-5-6-7-8-9-10-11-12-13/h13H,2-12H2,1H3/i12D2. The normalized spacial score (nSPS) is 14.0. The molecule has 0 aromatic rings. The second kappa shape index (κ2) is 12.0. The minimum Gasteiger partial charge on any atom is -0.396 e. The summed E-state index contributed by atoms with van der Waals surface area (Å²) in [5, 5.41) is 8.85. The van der Waals surface area contributed by atoms with E-state index in [1.807, 2.05) is 0 Å². The van der Waals surface area contributed by atoms with Gasteiger partial charge < -0.3 is 5.11 Å². The van der Waals surface area contributed by atoms with Gasteiger partial charge in [0.25, 0.3) is 0 Å². The first-order valence-electron chi connectivity index (χ1n) is 6.78. The lowest BCUT2D eigenvalue weighted by molar-refractivity contribution is 0.282. The molecule has 0 aromatic heterocycles. The van der Waals surface area contributed by atoms with Gasteiger partial charge in [-0.2, -0.15) is 0 Å². The lowest BCUT2D eigenvalue weighted by atomic mass is 10.1. The fourth-order valence-corrected chi connectivity index (χ4v) is 1.51. The summed E-state index contributed by atoms with van der Waals surface area (Å²) in [5.41, 5.74) is 0. The van der Waals surface area contributed by atoms with Crippen molar-refractivity contribution in [3.63, 3.8) is 0 Å². The van der Waals surface area contributed by atoms with Crippen LogP contribution in [-0.2, 0) is 0 Å². The van der Waals surface area contributed by atoms with Gasteiger partial charge in [-0.25, -0.2) is 0 Å². The highest BCUT2D eigenvalue weighted by Gasteiger charge is 1.91. The lowest BCUT2D eigenvalue weighted by Crippen LogP contribution is -1.84. The minimum atomic E-state index is -1.96. The molecule has 0 aliphatic carbocycles. The van der Waals surface area contributed by atoms with Crippen molar-refractivity contribution < 1.29 is 7.85 Å². The zero-order valence-corrected chi connectivity index (χ0v) is 9.02. The van der Waals surface area contributed by atoms with Gasteiger partial charge in [-0.05, 0) is 6.42 Å². The molecular formula is C12H26O. The summed E-state index contributed by atoms with van der Waals surface area (Å²) in [4.78, 5) is 0. The van der Waals surface area contributed by atoms with E-state index in [1.165, 1.54) is 44.9 Å². The predicted octanol–water partition coefficient (Wildman–Crippen LogP) is 3.90. The van der Waals surface area contributed by atoms with Crippen LogP contribution >= 0.6 is 0 Å². The number of unbranched alkanes of at least 4 members (excludes halogenated alkanes) is 8. The molecule has 0 spiro atoms. The molecule has 1 nitrogen and oxygen atoms in total. The summed E-state index contributed by atoms with van der Waals surface area (Å²) in [5.74, 6) is 0.